The van der Waals surface area contributed by atoms with Gasteiger partial charge in [0.1, 0.15) is 10.8 Å². The minimum atomic E-state index is 0.436. The molecule has 0 amide bonds. The van der Waals surface area contributed by atoms with Gasteiger partial charge in [-0.25, -0.2) is 4.98 Å². The maximum atomic E-state index is 5.80. The second-order valence-corrected chi connectivity index (χ2v) is 6.14. The van der Waals surface area contributed by atoms with Crippen molar-refractivity contribution in [1.82, 2.24) is 9.88 Å². The van der Waals surface area contributed by atoms with Gasteiger partial charge in [-0.1, -0.05) is 25.1 Å². The zero-order valence-electron chi connectivity index (χ0n) is 11.8. The van der Waals surface area contributed by atoms with E-state index < -0.39 is 0 Å². The topological polar surface area (TPSA) is 45.4 Å². The molecule has 1 aliphatic carbocycles. The molecule has 1 aromatic rings. The summed E-state index contributed by atoms with van der Waals surface area (Å²) in [4.78, 5) is 9.89. The van der Waals surface area contributed by atoms with E-state index in [2.05, 4.69) is 14.8 Å². The maximum Gasteiger partial charge on any atom is 0.138 e. The molecule has 0 unspecified atom stereocenters. The highest BCUT2D eigenvalue weighted by atomic mass is 32.1. The first-order valence-corrected chi connectivity index (χ1v) is 7.90. The van der Waals surface area contributed by atoms with E-state index >= 15 is 0 Å². The Hall–Kier alpha value is -1.20. The fourth-order valence-corrected chi connectivity index (χ4v) is 3.57. The number of aromatic nitrogens is 1. The van der Waals surface area contributed by atoms with Crippen molar-refractivity contribution in [3.8, 4) is 0 Å². The highest BCUT2D eigenvalue weighted by Crippen LogP contribution is 2.26. The highest BCUT2D eigenvalue weighted by molar-refractivity contribution is 7.80. The quantitative estimate of drug-likeness (QED) is 0.860. The Kier molecular flexibility index (Phi) is 4.17. The molecule has 2 fully saturated rings. The number of piperazine rings is 1. The molecule has 1 aliphatic heterocycles. The predicted molar refractivity (Wildman–Crippen MR) is 86.2 cm³/mol. The highest BCUT2D eigenvalue weighted by Gasteiger charge is 2.27. The van der Waals surface area contributed by atoms with Crippen molar-refractivity contribution in [2.24, 2.45) is 5.73 Å². The van der Waals surface area contributed by atoms with Crippen LogP contribution in [0.5, 0.6) is 0 Å². The van der Waals surface area contributed by atoms with E-state index in [-0.39, 0.29) is 0 Å². The Morgan fingerprint density at radius 2 is 1.90 bits per heavy atom. The number of pyridine rings is 1. The van der Waals surface area contributed by atoms with Crippen LogP contribution in [0, 0.1) is 0 Å². The van der Waals surface area contributed by atoms with Gasteiger partial charge >= 0.3 is 0 Å². The van der Waals surface area contributed by atoms with E-state index in [1.165, 1.54) is 25.7 Å². The van der Waals surface area contributed by atoms with Crippen molar-refractivity contribution in [3.05, 3.63) is 23.9 Å². The van der Waals surface area contributed by atoms with Gasteiger partial charge in [-0.15, -0.1) is 0 Å². The van der Waals surface area contributed by atoms with E-state index in [1.54, 1.807) is 0 Å². The van der Waals surface area contributed by atoms with Crippen LogP contribution in [0.1, 0.15) is 31.2 Å². The van der Waals surface area contributed by atoms with Crippen LogP contribution >= 0.6 is 12.2 Å². The molecule has 2 N–H and O–H groups in total. The lowest BCUT2D eigenvalue weighted by Crippen LogP contribution is -2.50. The number of thiocarbonyl (C=S) groups is 1. The van der Waals surface area contributed by atoms with Gasteiger partial charge in [0.15, 0.2) is 0 Å². The summed E-state index contributed by atoms with van der Waals surface area (Å²) in [5.74, 6) is 0.950. The molecule has 1 saturated carbocycles. The van der Waals surface area contributed by atoms with Crippen molar-refractivity contribution < 1.29 is 0 Å². The zero-order valence-corrected chi connectivity index (χ0v) is 12.6. The molecule has 1 aromatic heterocycles. The largest absolute Gasteiger partial charge is 0.389 e. The summed E-state index contributed by atoms with van der Waals surface area (Å²) in [6.45, 7) is 4.28. The number of hydrogen-bond donors (Lipinski definition) is 1. The predicted octanol–water partition coefficient (Wildman–Crippen LogP) is 1.78. The van der Waals surface area contributed by atoms with Crippen molar-refractivity contribution in [2.45, 2.75) is 31.7 Å². The number of nitrogens with two attached hydrogens (primary N) is 1. The normalized spacial score (nSPS) is 21.3. The zero-order chi connectivity index (χ0) is 13.9. The first kappa shape index (κ1) is 13.8. The van der Waals surface area contributed by atoms with Crippen molar-refractivity contribution in [3.63, 3.8) is 0 Å². The van der Waals surface area contributed by atoms with E-state index in [9.17, 15) is 0 Å². The molecule has 108 valence electrons. The van der Waals surface area contributed by atoms with Gasteiger partial charge in [0.05, 0.1) is 5.56 Å². The van der Waals surface area contributed by atoms with E-state index in [1.807, 2.05) is 18.3 Å². The smallest absolute Gasteiger partial charge is 0.138 e. The van der Waals surface area contributed by atoms with Gasteiger partial charge in [-0.3, -0.25) is 4.90 Å². The number of nitrogens with zero attached hydrogens (tertiary/aromatic N) is 3. The summed E-state index contributed by atoms with van der Waals surface area (Å²) in [7, 11) is 0. The van der Waals surface area contributed by atoms with E-state index in [0.717, 1.165) is 43.6 Å². The summed E-state index contributed by atoms with van der Waals surface area (Å²) in [6, 6.07) is 4.68. The Morgan fingerprint density at radius 3 is 2.55 bits per heavy atom. The summed E-state index contributed by atoms with van der Waals surface area (Å²) in [5, 5.41) is 0. The second kappa shape index (κ2) is 6.06. The lowest BCUT2D eigenvalue weighted by molar-refractivity contribution is 0.187. The fourth-order valence-electron chi connectivity index (χ4n) is 3.41. The lowest BCUT2D eigenvalue weighted by Gasteiger charge is -2.39. The van der Waals surface area contributed by atoms with Gasteiger partial charge in [-0.05, 0) is 25.0 Å². The van der Waals surface area contributed by atoms with Gasteiger partial charge in [0, 0.05) is 38.4 Å². The molecule has 1 saturated heterocycles. The summed E-state index contributed by atoms with van der Waals surface area (Å²) in [6.07, 6.45) is 7.37. The summed E-state index contributed by atoms with van der Waals surface area (Å²) in [5.41, 5.74) is 6.70. The van der Waals surface area contributed by atoms with Crippen LogP contribution in [-0.2, 0) is 0 Å². The first-order chi connectivity index (χ1) is 9.75. The maximum absolute atomic E-state index is 5.80. The van der Waals surface area contributed by atoms with Crippen LogP contribution in [-0.4, -0.2) is 47.1 Å². The minimum absolute atomic E-state index is 0.436. The molecule has 2 aliphatic rings. The fraction of sp³-hybridized carbons (Fsp3) is 0.600. The Bertz CT molecular complexity index is 477. The van der Waals surface area contributed by atoms with Gasteiger partial charge < -0.3 is 10.6 Å². The van der Waals surface area contributed by atoms with E-state index in [4.69, 9.17) is 18.0 Å². The lowest BCUT2D eigenvalue weighted by atomic mass is 10.1. The third-order valence-electron chi connectivity index (χ3n) is 4.51. The molecule has 3 rings (SSSR count). The van der Waals surface area contributed by atoms with Crippen LogP contribution in [0.3, 0.4) is 0 Å². The number of hydrogen-bond acceptors (Lipinski definition) is 4. The third kappa shape index (κ3) is 2.79. The summed E-state index contributed by atoms with van der Waals surface area (Å²) >= 11 is 5.13. The molecule has 0 atom stereocenters. The molecular formula is C15H22N4S. The molecule has 0 spiro atoms. The van der Waals surface area contributed by atoms with Crippen LogP contribution in [0.2, 0.25) is 0 Å². The van der Waals surface area contributed by atoms with Crippen molar-refractivity contribution in [2.75, 3.05) is 31.1 Å². The van der Waals surface area contributed by atoms with Crippen LogP contribution in [0.4, 0.5) is 5.82 Å². The molecule has 0 bridgehead atoms. The molecule has 20 heavy (non-hydrogen) atoms. The molecule has 0 aromatic carbocycles. The van der Waals surface area contributed by atoms with Crippen LogP contribution in [0.25, 0.3) is 0 Å². The second-order valence-electron chi connectivity index (χ2n) is 5.70. The van der Waals surface area contributed by atoms with Crippen LogP contribution in [0.15, 0.2) is 18.3 Å². The molecular weight excluding hydrogens is 268 g/mol. The number of rotatable bonds is 3. The molecule has 0 radical (unpaired) electrons. The van der Waals surface area contributed by atoms with Crippen molar-refractivity contribution in [1.29, 1.82) is 0 Å². The molecule has 5 heteroatoms. The SMILES string of the molecule is NC(=S)c1cccnc1N1CCN(C2CCCC2)CC1. The Balaban J connectivity index is 1.67. The Morgan fingerprint density at radius 1 is 1.20 bits per heavy atom. The standard InChI is InChI=1S/C15H22N4S/c16-14(20)13-6-3-7-17-15(13)19-10-8-18(9-11-19)12-4-1-2-5-12/h3,6-7,12H,1-2,4-5,8-11H2,(H2,16,20). The monoisotopic (exact) mass is 290 g/mol. The molecule has 4 nitrogen and oxygen atoms in total. The Labute approximate surface area is 126 Å². The molecule has 2 heterocycles. The first-order valence-electron chi connectivity index (χ1n) is 7.49. The van der Waals surface area contributed by atoms with Crippen LogP contribution < -0.4 is 10.6 Å². The van der Waals surface area contributed by atoms with Gasteiger partial charge in [-0.2, -0.15) is 0 Å². The summed E-state index contributed by atoms with van der Waals surface area (Å²) < 4.78 is 0. The average molecular weight is 290 g/mol. The van der Waals surface area contributed by atoms with Crippen molar-refractivity contribution >= 4 is 23.0 Å². The third-order valence-corrected chi connectivity index (χ3v) is 4.73. The average Bonchev–Trinajstić information content (AvgIpc) is 3.02. The van der Waals surface area contributed by atoms with E-state index in [0.29, 0.717) is 4.99 Å². The van der Waals surface area contributed by atoms with Gasteiger partial charge in [0.2, 0.25) is 0 Å². The van der Waals surface area contributed by atoms with Gasteiger partial charge in [0.25, 0.3) is 0 Å². The number of anilines is 1. The minimum Gasteiger partial charge on any atom is -0.389 e.